The molecular formula is C13H13N3O2S. The van der Waals surface area contributed by atoms with E-state index in [0.717, 1.165) is 36.0 Å². The fourth-order valence-electron chi connectivity index (χ4n) is 2.37. The van der Waals surface area contributed by atoms with Crippen LogP contribution in [0.2, 0.25) is 0 Å². The Labute approximate surface area is 114 Å². The minimum absolute atomic E-state index is 0.184. The molecule has 6 heteroatoms. The highest BCUT2D eigenvalue weighted by Gasteiger charge is 2.23. The van der Waals surface area contributed by atoms with Crippen LogP contribution in [-0.2, 0) is 6.42 Å². The standard InChI is InChI=1S/C13H13N3O2S/c1-2-11-8(3-4-17-11)5-9(1)12-15-13(18-16-12)10-6-19-7-14-10/h1-2,5,10,14H,3-4,6-7H2/t10-/m1/s1. The van der Waals surface area contributed by atoms with E-state index in [0.29, 0.717) is 11.7 Å². The first-order valence-electron chi connectivity index (χ1n) is 6.31. The van der Waals surface area contributed by atoms with E-state index in [1.807, 2.05) is 23.9 Å². The van der Waals surface area contributed by atoms with E-state index in [1.54, 1.807) is 0 Å². The van der Waals surface area contributed by atoms with Gasteiger partial charge in [0.2, 0.25) is 11.7 Å². The quantitative estimate of drug-likeness (QED) is 0.904. The van der Waals surface area contributed by atoms with Crippen molar-refractivity contribution in [1.29, 1.82) is 0 Å². The van der Waals surface area contributed by atoms with E-state index in [1.165, 1.54) is 5.56 Å². The Morgan fingerprint density at radius 1 is 1.37 bits per heavy atom. The SMILES string of the molecule is c1cc2c(cc1-c1noc([C@H]3CSCN3)n1)CCO2. The number of nitrogens with one attached hydrogen (secondary N) is 1. The Balaban J connectivity index is 1.65. The first kappa shape index (κ1) is 11.3. The minimum atomic E-state index is 0.184. The molecule has 2 aliphatic heterocycles. The molecule has 2 aliphatic rings. The highest BCUT2D eigenvalue weighted by Crippen LogP contribution is 2.30. The molecule has 0 bridgehead atoms. The molecule has 3 heterocycles. The molecule has 0 saturated carbocycles. The van der Waals surface area contributed by atoms with Crippen LogP contribution in [-0.4, -0.2) is 28.4 Å². The summed E-state index contributed by atoms with van der Waals surface area (Å²) in [7, 11) is 0. The number of thioether (sulfide) groups is 1. The fourth-order valence-corrected chi connectivity index (χ4v) is 3.31. The summed E-state index contributed by atoms with van der Waals surface area (Å²) in [5, 5.41) is 7.41. The fraction of sp³-hybridized carbons (Fsp3) is 0.385. The average molecular weight is 275 g/mol. The maximum absolute atomic E-state index is 5.50. The van der Waals surface area contributed by atoms with Crippen molar-refractivity contribution in [2.45, 2.75) is 12.5 Å². The summed E-state index contributed by atoms with van der Waals surface area (Å²) in [5.41, 5.74) is 2.21. The van der Waals surface area contributed by atoms with Crippen LogP contribution in [0.5, 0.6) is 5.75 Å². The minimum Gasteiger partial charge on any atom is -0.493 e. The molecule has 5 nitrogen and oxygen atoms in total. The predicted molar refractivity (Wildman–Crippen MR) is 72.1 cm³/mol. The number of ether oxygens (including phenoxy) is 1. The van der Waals surface area contributed by atoms with Gasteiger partial charge in [-0.1, -0.05) is 5.16 Å². The van der Waals surface area contributed by atoms with E-state index < -0.39 is 0 Å². The maximum Gasteiger partial charge on any atom is 0.244 e. The maximum atomic E-state index is 5.50. The van der Waals surface area contributed by atoms with Crippen LogP contribution in [0.3, 0.4) is 0 Å². The van der Waals surface area contributed by atoms with Crippen molar-refractivity contribution in [3.8, 4) is 17.1 Å². The molecule has 1 aromatic carbocycles. The molecule has 19 heavy (non-hydrogen) atoms. The Morgan fingerprint density at radius 2 is 2.37 bits per heavy atom. The normalized spacial score (nSPS) is 21.4. The number of hydrogen-bond acceptors (Lipinski definition) is 6. The van der Waals surface area contributed by atoms with E-state index in [-0.39, 0.29) is 6.04 Å². The smallest absolute Gasteiger partial charge is 0.244 e. The second-order valence-corrected chi connectivity index (χ2v) is 5.68. The zero-order valence-electron chi connectivity index (χ0n) is 10.3. The van der Waals surface area contributed by atoms with Crippen LogP contribution >= 0.6 is 11.8 Å². The number of benzene rings is 1. The van der Waals surface area contributed by atoms with Gasteiger partial charge in [-0.05, 0) is 23.8 Å². The zero-order chi connectivity index (χ0) is 12.7. The van der Waals surface area contributed by atoms with Crippen molar-refractivity contribution < 1.29 is 9.26 Å². The molecular weight excluding hydrogens is 262 g/mol. The number of aromatic nitrogens is 2. The van der Waals surface area contributed by atoms with Crippen molar-refractivity contribution in [3.05, 3.63) is 29.7 Å². The van der Waals surface area contributed by atoms with E-state index in [9.17, 15) is 0 Å². The largest absolute Gasteiger partial charge is 0.493 e. The van der Waals surface area contributed by atoms with Gasteiger partial charge in [-0.15, -0.1) is 11.8 Å². The first-order chi connectivity index (χ1) is 9.40. The van der Waals surface area contributed by atoms with Crippen molar-refractivity contribution >= 4 is 11.8 Å². The van der Waals surface area contributed by atoms with Gasteiger partial charge in [-0.2, -0.15) is 4.98 Å². The topological polar surface area (TPSA) is 60.2 Å². The number of fused-ring (bicyclic) bond motifs is 1. The van der Waals surface area contributed by atoms with Crippen molar-refractivity contribution in [2.24, 2.45) is 0 Å². The third-order valence-corrected chi connectivity index (χ3v) is 4.34. The Kier molecular flexibility index (Phi) is 2.70. The average Bonchev–Trinajstić information content (AvgIpc) is 3.18. The van der Waals surface area contributed by atoms with Gasteiger partial charge >= 0.3 is 0 Å². The monoisotopic (exact) mass is 275 g/mol. The Hall–Kier alpha value is -1.53. The molecule has 1 fully saturated rings. The summed E-state index contributed by atoms with van der Waals surface area (Å²) in [5.74, 6) is 4.24. The van der Waals surface area contributed by atoms with Gasteiger partial charge in [0.05, 0.1) is 12.6 Å². The summed E-state index contributed by atoms with van der Waals surface area (Å²) >= 11 is 1.84. The molecule has 1 aromatic heterocycles. The van der Waals surface area contributed by atoms with Crippen LogP contribution in [0.25, 0.3) is 11.4 Å². The number of rotatable bonds is 2. The molecule has 1 saturated heterocycles. The number of nitrogens with zero attached hydrogens (tertiary/aromatic N) is 2. The van der Waals surface area contributed by atoms with Gasteiger partial charge in [0.25, 0.3) is 0 Å². The first-order valence-corrected chi connectivity index (χ1v) is 7.46. The lowest BCUT2D eigenvalue weighted by atomic mass is 10.1. The van der Waals surface area contributed by atoms with Gasteiger partial charge < -0.3 is 9.26 Å². The summed E-state index contributed by atoms with van der Waals surface area (Å²) in [6.07, 6.45) is 0.953. The molecule has 4 rings (SSSR count). The number of hydrogen-bond donors (Lipinski definition) is 1. The molecule has 2 aromatic rings. The molecule has 1 N–H and O–H groups in total. The van der Waals surface area contributed by atoms with Crippen molar-refractivity contribution in [2.75, 3.05) is 18.2 Å². The highest BCUT2D eigenvalue weighted by molar-refractivity contribution is 7.99. The second-order valence-electron chi connectivity index (χ2n) is 4.65. The van der Waals surface area contributed by atoms with Crippen molar-refractivity contribution in [1.82, 2.24) is 15.5 Å². The lowest BCUT2D eigenvalue weighted by molar-refractivity contribution is 0.351. The molecule has 1 atom stereocenters. The zero-order valence-corrected chi connectivity index (χ0v) is 11.1. The Bertz CT molecular complexity index is 608. The van der Waals surface area contributed by atoms with Crippen molar-refractivity contribution in [3.63, 3.8) is 0 Å². The van der Waals surface area contributed by atoms with Crippen LogP contribution in [0.4, 0.5) is 0 Å². The van der Waals surface area contributed by atoms with E-state index >= 15 is 0 Å². The second kappa shape index (κ2) is 4.54. The molecule has 0 aliphatic carbocycles. The summed E-state index contributed by atoms with van der Waals surface area (Å²) < 4.78 is 10.9. The third kappa shape index (κ3) is 2.01. The highest BCUT2D eigenvalue weighted by atomic mass is 32.2. The lowest BCUT2D eigenvalue weighted by Crippen LogP contribution is -2.14. The molecule has 98 valence electrons. The van der Waals surface area contributed by atoms with E-state index in [4.69, 9.17) is 9.26 Å². The summed E-state index contributed by atoms with van der Waals surface area (Å²) in [6.45, 7) is 0.763. The molecule has 0 amide bonds. The third-order valence-electron chi connectivity index (χ3n) is 3.40. The van der Waals surface area contributed by atoms with Gasteiger partial charge in [0, 0.05) is 23.6 Å². The van der Waals surface area contributed by atoms with Gasteiger partial charge in [-0.25, -0.2) is 0 Å². The van der Waals surface area contributed by atoms with Crippen LogP contribution < -0.4 is 10.1 Å². The van der Waals surface area contributed by atoms with Crippen LogP contribution in [0.1, 0.15) is 17.5 Å². The van der Waals surface area contributed by atoms with Gasteiger partial charge in [-0.3, -0.25) is 5.32 Å². The molecule has 0 radical (unpaired) electrons. The molecule has 0 spiro atoms. The summed E-state index contributed by atoms with van der Waals surface area (Å²) in [4.78, 5) is 4.49. The van der Waals surface area contributed by atoms with E-state index in [2.05, 4.69) is 21.5 Å². The van der Waals surface area contributed by atoms with Gasteiger partial charge in [0.15, 0.2) is 0 Å². The van der Waals surface area contributed by atoms with Gasteiger partial charge in [0.1, 0.15) is 5.75 Å². The molecule has 0 unspecified atom stereocenters. The van der Waals surface area contributed by atoms with Crippen LogP contribution in [0, 0.1) is 0 Å². The predicted octanol–water partition coefficient (Wildman–Crippen LogP) is 2.01. The Morgan fingerprint density at radius 3 is 3.26 bits per heavy atom. The van der Waals surface area contributed by atoms with Crippen LogP contribution in [0.15, 0.2) is 22.7 Å². The summed E-state index contributed by atoms with van der Waals surface area (Å²) in [6, 6.07) is 6.24. The lowest BCUT2D eigenvalue weighted by Gasteiger charge is -2.01.